The molecule has 35 heavy (non-hydrogen) atoms. The molecule has 0 rings (SSSR count). The molecule has 0 amide bonds. The Kier molecular flexibility index (Phi) is 30.6. The van der Waals surface area contributed by atoms with Gasteiger partial charge in [0.15, 0.2) is 0 Å². The Balaban J connectivity index is 3.28. The van der Waals surface area contributed by atoms with E-state index in [4.69, 9.17) is 20.2 Å². The van der Waals surface area contributed by atoms with Gasteiger partial charge in [0.1, 0.15) is 0 Å². The van der Waals surface area contributed by atoms with Crippen molar-refractivity contribution >= 4 is 31.2 Å². The Bertz CT molecular complexity index is 352. The summed E-state index contributed by atoms with van der Waals surface area (Å²) in [4.78, 5) is 0. The first kappa shape index (κ1) is 36.1. The minimum atomic E-state index is -2.15. The number of rotatable bonds is 30. The average Bonchev–Trinajstić information content (AvgIpc) is 2.84. The molecule has 214 valence electrons. The normalized spacial score (nSPS) is 12.5. The van der Waals surface area contributed by atoms with Gasteiger partial charge in [-0.15, -0.1) is 0 Å². The van der Waals surface area contributed by atoms with Crippen molar-refractivity contribution < 1.29 is 0 Å². The van der Waals surface area contributed by atoms with Gasteiger partial charge in [-0.25, -0.2) is 0 Å². The second-order valence-electron chi connectivity index (χ2n) is 11.3. The molecular weight excluding hydrogens is 534 g/mol. The summed E-state index contributed by atoms with van der Waals surface area (Å²) >= 11 is -2.15. The monoisotopic (exact) mass is 600 g/mol. The summed E-state index contributed by atoms with van der Waals surface area (Å²) in [5.74, 6) is 0. The van der Waals surface area contributed by atoms with E-state index in [0.717, 1.165) is 10.6 Å². The molecule has 0 saturated heterocycles. The van der Waals surface area contributed by atoms with Crippen molar-refractivity contribution in [2.45, 2.75) is 204 Å². The van der Waals surface area contributed by atoms with Crippen molar-refractivity contribution in [2.24, 2.45) is 0 Å². The van der Waals surface area contributed by atoms with Gasteiger partial charge in [-0.1, -0.05) is 52.4 Å². The Hall–Kier alpha value is 1.10. The first-order chi connectivity index (χ1) is 17.1. The van der Waals surface area contributed by atoms with Gasteiger partial charge < -0.3 is 0 Å². The van der Waals surface area contributed by atoms with Gasteiger partial charge in [0.25, 0.3) is 0 Å². The van der Waals surface area contributed by atoms with Crippen LogP contribution in [-0.2, 0) is 0 Å². The number of hydrogen-bond acceptors (Lipinski definition) is 0. The van der Waals surface area contributed by atoms with E-state index in [1.54, 1.807) is 0 Å². The van der Waals surface area contributed by atoms with Crippen LogP contribution in [0.4, 0.5) is 0 Å². The van der Waals surface area contributed by atoms with E-state index in [1.807, 2.05) is 0 Å². The molecular formula is C32H66Cl2Se. The van der Waals surface area contributed by atoms with Crippen molar-refractivity contribution in [2.75, 3.05) is 0 Å². The van der Waals surface area contributed by atoms with Crippen LogP contribution < -0.4 is 0 Å². The van der Waals surface area contributed by atoms with Gasteiger partial charge >= 0.3 is 183 Å². The van der Waals surface area contributed by atoms with Gasteiger partial charge in [0.05, 0.1) is 0 Å². The van der Waals surface area contributed by atoms with Crippen molar-refractivity contribution in [3.8, 4) is 0 Å². The SMILES string of the molecule is CCCCCCCCCCCCCCCC[Se](Cl)(Cl)CCCCCCCCCCCCCCCC. The molecule has 0 aromatic rings. The van der Waals surface area contributed by atoms with Gasteiger partial charge in [-0.2, -0.15) is 0 Å². The Morgan fingerprint density at radius 3 is 0.657 bits per heavy atom. The fraction of sp³-hybridized carbons (Fsp3) is 1.00. The Morgan fingerprint density at radius 1 is 0.286 bits per heavy atom. The smallest absolute Gasteiger partial charge is 0.0654 e. The molecule has 0 fully saturated rings. The fourth-order valence-electron chi connectivity index (χ4n) is 5.12. The van der Waals surface area contributed by atoms with Gasteiger partial charge in [0.2, 0.25) is 0 Å². The first-order valence-electron chi connectivity index (χ1n) is 16.3. The zero-order valence-electron chi connectivity index (χ0n) is 24.4. The van der Waals surface area contributed by atoms with Crippen molar-refractivity contribution in [3.05, 3.63) is 0 Å². The van der Waals surface area contributed by atoms with E-state index in [1.165, 1.54) is 180 Å². The topological polar surface area (TPSA) is 0 Å². The third-order valence-corrected chi connectivity index (χ3v) is 14.5. The van der Waals surface area contributed by atoms with Crippen molar-refractivity contribution in [1.82, 2.24) is 0 Å². The number of hydrogen-bond donors (Lipinski definition) is 0. The second-order valence-corrected chi connectivity index (χ2v) is 22.9. The van der Waals surface area contributed by atoms with Crippen LogP contribution in [0.3, 0.4) is 0 Å². The van der Waals surface area contributed by atoms with E-state index < -0.39 is 11.0 Å². The Morgan fingerprint density at radius 2 is 0.457 bits per heavy atom. The van der Waals surface area contributed by atoms with Crippen LogP contribution in [0.15, 0.2) is 0 Å². The van der Waals surface area contributed by atoms with E-state index in [2.05, 4.69) is 13.8 Å². The molecule has 0 bridgehead atoms. The molecule has 0 aliphatic carbocycles. The molecule has 0 aliphatic heterocycles. The van der Waals surface area contributed by atoms with Crippen LogP contribution in [-0.4, -0.2) is 11.0 Å². The standard InChI is InChI=1S/C32H66Cl2Se/c1-3-5-7-9-11-13-15-17-19-21-23-25-27-29-31-35(33,34)32-30-28-26-24-22-20-18-16-14-12-10-8-6-4-2/h3-32H2,1-2H3. The van der Waals surface area contributed by atoms with E-state index >= 15 is 0 Å². The molecule has 0 atom stereocenters. The van der Waals surface area contributed by atoms with Crippen LogP contribution in [0.5, 0.6) is 0 Å². The van der Waals surface area contributed by atoms with Crippen LogP contribution in [0.2, 0.25) is 10.6 Å². The molecule has 0 nitrogen and oxygen atoms in total. The number of unbranched alkanes of at least 4 members (excludes halogenated alkanes) is 26. The molecule has 0 unspecified atom stereocenters. The van der Waals surface area contributed by atoms with Crippen LogP contribution in [0.25, 0.3) is 0 Å². The predicted molar refractivity (Wildman–Crippen MR) is 168 cm³/mol. The molecule has 0 aliphatic rings. The summed E-state index contributed by atoms with van der Waals surface area (Å²) in [6, 6.07) is 0. The third-order valence-electron chi connectivity index (χ3n) is 7.59. The summed E-state index contributed by atoms with van der Waals surface area (Å²) in [6.45, 7) is 4.59. The van der Waals surface area contributed by atoms with Crippen LogP contribution >= 0.6 is 20.2 Å². The van der Waals surface area contributed by atoms with Crippen molar-refractivity contribution in [1.29, 1.82) is 0 Å². The summed E-state index contributed by atoms with van der Waals surface area (Å²) in [7, 11) is 13.5. The summed E-state index contributed by atoms with van der Waals surface area (Å²) in [6.07, 6.45) is 39.6. The van der Waals surface area contributed by atoms with Gasteiger partial charge in [-0.3, -0.25) is 0 Å². The first-order valence-corrected chi connectivity index (χ1v) is 23.2. The molecule has 0 heterocycles. The minimum Gasteiger partial charge on any atom is -0.0654 e. The van der Waals surface area contributed by atoms with Crippen molar-refractivity contribution in [3.63, 3.8) is 0 Å². The van der Waals surface area contributed by atoms with E-state index in [9.17, 15) is 0 Å². The fourth-order valence-corrected chi connectivity index (χ4v) is 10.4. The third kappa shape index (κ3) is 31.2. The van der Waals surface area contributed by atoms with E-state index in [-0.39, 0.29) is 0 Å². The predicted octanol–water partition coefficient (Wildman–Crippen LogP) is 13.9. The molecule has 3 heteroatoms. The quantitative estimate of drug-likeness (QED) is 0.0568. The maximum absolute atomic E-state index is 6.76. The van der Waals surface area contributed by atoms with Crippen LogP contribution in [0.1, 0.15) is 194 Å². The maximum atomic E-state index is 6.76. The summed E-state index contributed by atoms with van der Waals surface area (Å²) in [5.41, 5.74) is 0. The Labute approximate surface area is 234 Å². The molecule has 0 radical (unpaired) electrons. The second kappa shape index (κ2) is 29.7. The van der Waals surface area contributed by atoms with Gasteiger partial charge in [0, 0.05) is 0 Å². The molecule has 0 N–H and O–H groups in total. The minimum absolute atomic E-state index is 1.14. The summed E-state index contributed by atoms with van der Waals surface area (Å²) < 4.78 is 0. The van der Waals surface area contributed by atoms with Crippen LogP contribution in [0, 0.1) is 0 Å². The summed E-state index contributed by atoms with van der Waals surface area (Å²) in [5, 5.41) is 2.27. The zero-order valence-corrected chi connectivity index (χ0v) is 27.6. The molecule has 0 spiro atoms. The van der Waals surface area contributed by atoms with E-state index in [0.29, 0.717) is 0 Å². The molecule has 0 aromatic carbocycles. The van der Waals surface area contributed by atoms with Gasteiger partial charge in [-0.05, 0) is 0 Å². The molecule has 0 aromatic heterocycles. The average molecular weight is 601 g/mol. The zero-order chi connectivity index (χ0) is 25.7. The number of halogens is 2. The molecule has 0 saturated carbocycles.